The summed E-state index contributed by atoms with van der Waals surface area (Å²) in [6, 6.07) is 0. The van der Waals surface area contributed by atoms with Gasteiger partial charge in [0.25, 0.3) is 0 Å². The Morgan fingerprint density at radius 2 is 2.11 bits per heavy atom. The number of nitrogens with two attached hydrogens (primary N) is 1. The molecule has 1 aliphatic carbocycles. The second-order valence-corrected chi connectivity index (χ2v) is 2.04. The summed E-state index contributed by atoms with van der Waals surface area (Å²) in [7, 11) is 0. The Labute approximate surface area is 76.8 Å². The fraction of sp³-hybridized carbons (Fsp3) is 0.500. The summed E-state index contributed by atoms with van der Waals surface area (Å²) in [6.45, 7) is 0. The average molecular weight is 134 g/mol. The molecule has 0 bridgehead atoms. The normalized spacial score (nSPS) is 18.2. The molecule has 0 amide bonds. The monoisotopic (exact) mass is 134 g/mol. The summed E-state index contributed by atoms with van der Waals surface area (Å²) in [6.07, 6.45) is 4.04. The summed E-state index contributed by atoms with van der Waals surface area (Å²) in [5.41, 5.74) is 6.10. The van der Waals surface area contributed by atoms with E-state index in [9.17, 15) is 4.79 Å². The summed E-state index contributed by atoms with van der Waals surface area (Å²) in [4.78, 5) is 10.5. The maximum Gasteiger partial charge on any atom is 1.00 e. The van der Waals surface area contributed by atoms with Crippen LogP contribution in [0.3, 0.4) is 0 Å². The molecular formula is C6H9NNaO+. The summed E-state index contributed by atoms with van der Waals surface area (Å²) in [5.74, 6) is 0.175. The minimum atomic E-state index is 0. The van der Waals surface area contributed by atoms with E-state index < -0.39 is 0 Å². The molecule has 2 nitrogen and oxygen atoms in total. The number of hydrogen-bond donors (Lipinski definition) is 1. The van der Waals surface area contributed by atoms with Gasteiger partial charge in [-0.25, -0.2) is 0 Å². The number of carbonyl (C=O) groups excluding carboxylic acids is 1. The van der Waals surface area contributed by atoms with Crippen molar-refractivity contribution in [2.75, 3.05) is 0 Å². The molecule has 0 atom stereocenters. The van der Waals surface area contributed by atoms with Gasteiger partial charge in [-0.3, -0.25) is 4.79 Å². The fourth-order valence-corrected chi connectivity index (χ4v) is 0.818. The minimum Gasteiger partial charge on any atom is -0.402 e. The summed E-state index contributed by atoms with van der Waals surface area (Å²) < 4.78 is 0. The van der Waals surface area contributed by atoms with Crippen molar-refractivity contribution in [1.82, 2.24) is 0 Å². The quantitative estimate of drug-likeness (QED) is 0.375. The third-order valence-electron chi connectivity index (χ3n) is 1.24. The van der Waals surface area contributed by atoms with Crippen LogP contribution in [-0.2, 0) is 4.79 Å². The Morgan fingerprint density at radius 3 is 2.44 bits per heavy atom. The summed E-state index contributed by atoms with van der Waals surface area (Å²) in [5, 5.41) is 0. The van der Waals surface area contributed by atoms with Gasteiger partial charge in [0, 0.05) is 12.1 Å². The van der Waals surface area contributed by atoms with Gasteiger partial charge in [-0.1, -0.05) is 0 Å². The van der Waals surface area contributed by atoms with Crippen molar-refractivity contribution in [3.05, 3.63) is 11.8 Å². The van der Waals surface area contributed by atoms with Crippen LogP contribution in [0.25, 0.3) is 0 Å². The molecule has 0 unspecified atom stereocenters. The Morgan fingerprint density at radius 1 is 1.44 bits per heavy atom. The molecule has 1 rings (SSSR count). The van der Waals surface area contributed by atoms with Crippen molar-refractivity contribution < 1.29 is 34.4 Å². The number of carbonyl (C=O) groups is 1. The maximum absolute atomic E-state index is 10.5. The number of hydrogen-bond acceptors (Lipinski definition) is 2. The minimum absolute atomic E-state index is 0. The second-order valence-electron chi connectivity index (χ2n) is 2.04. The predicted octanol–water partition coefficient (Wildman–Crippen LogP) is -2.41. The summed E-state index contributed by atoms with van der Waals surface area (Å²) >= 11 is 0. The van der Waals surface area contributed by atoms with Crippen LogP contribution >= 0.6 is 0 Å². The van der Waals surface area contributed by atoms with Crippen molar-refractivity contribution in [2.24, 2.45) is 5.73 Å². The van der Waals surface area contributed by atoms with Gasteiger partial charge in [-0.2, -0.15) is 0 Å². The van der Waals surface area contributed by atoms with Gasteiger partial charge >= 0.3 is 29.6 Å². The molecule has 0 aromatic heterocycles. The molecule has 9 heavy (non-hydrogen) atoms. The largest absolute Gasteiger partial charge is 1.00 e. The van der Waals surface area contributed by atoms with E-state index in [2.05, 4.69) is 0 Å². The van der Waals surface area contributed by atoms with E-state index in [4.69, 9.17) is 5.73 Å². The van der Waals surface area contributed by atoms with Gasteiger partial charge in [0.05, 0.1) is 0 Å². The number of ketones is 1. The first-order valence-electron chi connectivity index (χ1n) is 2.78. The SMILES string of the molecule is NC1=CC(=O)CCC1.[Na+]. The number of rotatable bonds is 0. The molecule has 0 saturated carbocycles. The van der Waals surface area contributed by atoms with Gasteiger partial charge in [0.15, 0.2) is 5.78 Å². The zero-order chi connectivity index (χ0) is 5.98. The van der Waals surface area contributed by atoms with Crippen LogP contribution in [0, 0.1) is 0 Å². The molecule has 1 aliphatic rings. The maximum atomic E-state index is 10.5. The molecule has 0 fully saturated rings. The van der Waals surface area contributed by atoms with E-state index in [0.717, 1.165) is 18.5 Å². The molecule has 0 heterocycles. The molecule has 0 saturated heterocycles. The van der Waals surface area contributed by atoms with Crippen LogP contribution in [0.5, 0.6) is 0 Å². The van der Waals surface area contributed by atoms with Gasteiger partial charge in [0.2, 0.25) is 0 Å². The van der Waals surface area contributed by atoms with Crippen LogP contribution in [0.15, 0.2) is 11.8 Å². The van der Waals surface area contributed by atoms with E-state index in [1.54, 1.807) is 0 Å². The molecule has 0 aromatic carbocycles. The van der Waals surface area contributed by atoms with Gasteiger partial charge in [-0.15, -0.1) is 0 Å². The van der Waals surface area contributed by atoms with Gasteiger partial charge in [0.1, 0.15) is 0 Å². The van der Waals surface area contributed by atoms with Gasteiger partial charge in [-0.05, 0) is 18.9 Å². The molecule has 0 radical (unpaired) electrons. The van der Waals surface area contributed by atoms with E-state index >= 15 is 0 Å². The number of allylic oxidation sites excluding steroid dienone is 2. The predicted molar refractivity (Wildman–Crippen MR) is 31.1 cm³/mol. The Hall–Kier alpha value is 0.210. The zero-order valence-electron chi connectivity index (χ0n) is 5.68. The average Bonchev–Trinajstić information content (AvgIpc) is 1.64. The first-order chi connectivity index (χ1) is 3.79. The van der Waals surface area contributed by atoms with Crippen molar-refractivity contribution in [3.63, 3.8) is 0 Å². The molecular weight excluding hydrogens is 125 g/mol. The third-order valence-corrected chi connectivity index (χ3v) is 1.24. The van der Waals surface area contributed by atoms with Crippen LogP contribution in [0.1, 0.15) is 19.3 Å². The first-order valence-corrected chi connectivity index (χ1v) is 2.78. The standard InChI is InChI=1S/C6H9NO.Na/c7-5-2-1-3-6(8)4-5;/h4H,1-3,7H2;/q;+1. The Bertz CT molecular complexity index is 142. The van der Waals surface area contributed by atoms with E-state index in [1.165, 1.54) is 6.08 Å². The zero-order valence-corrected chi connectivity index (χ0v) is 7.68. The van der Waals surface area contributed by atoms with Crippen molar-refractivity contribution in [2.45, 2.75) is 19.3 Å². The Kier molecular flexibility index (Phi) is 4.19. The van der Waals surface area contributed by atoms with E-state index in [-0.39, 0.29) is 35.3 Å². The van der Waals surface area contributed by atoms with E-state index in [0.29, 0.717) is 6.42 Å². The molecule has 0 aromatic rings. The second kappa shape index (κ2) is 4.09. The van der Waals surface area contributed by atoms with Crippen LogP contribution < -0.4 is 35.3 Å². The van der Waals surface area contributed by atoms with E-state index in [1.807, 2.05) is 0 Å². The fourth-order valence-electron chi connectivity index (χ4n) is 0.818. The topological polar surface area (TPSA) is 43.1 Å². The van der Waals surface area contributed by atoms with Gasteiger partial charge < -0.3 is 5.73 Å². The molecule has 44 valence electrons. The van der Waals surface area contributed by atoms with Crippen molar-refractivity contribution >= 4 is 5.78 Å². The Balaban J connectivity index is 0.000000640. The smallest absolute Gasteiger partial charge is 0.402 e. The molecule has 2 N–H and O–H groups in total. The molecule has 0 spiro atoms. The first kappa shape index (κ1) is 9.21. The molecule has 0 aliphatic heterocycles. The molecule has 3 heteroatoms. The van der Waals surface area contributed by atoms with Crippen LogP contribution in [0.4, 0.5) is 0 Å². The third kappa shape index (κ3) is 3.04. The van der Waals surface area contributed by atoms with Crippen molar-refractivity contribution in [3.8, 4) is 0 Å². The van der Waals surface area contributed by atoms with Crippen LogP contribution in [0.2, 0.25) is 0 Å². The van der Waals surface area contributed by atoms with Crippen LogP contribution in [-0.4, -0.2) is 5.78 Å². The van der Waals surface area contributed by atoms with Crippen molar-refractivity contribution in [1.29, 1.82) is 0 Å².